The molecule has 0 unspecified atom stereocenters. The number of hydrogen-bond acceptors (Lipinski definition) is 2. The van der Waals surface area contributed by atoms with Crippen LogP contribution in [-0.2, 0) is 6.54 Å². The van der Waals surface area contributed by atoms with E-state index in [4.69, 9.17) is 16.3 Å². The van der Waals surface area contributed by atoms with Crippen LogP contribution in [0.5, 0.6) is 5.75 Å². The first-order valence-corrected chi connectivity index (χ1v) is 6.83. The topological polar surface area (TPSA) is 21.3 Å². The van der Waals surface area contributed by atoms with E-state index in [1.54, 1.807) is 0 Å². The molecule has 1 aromatic carbocycles. The molecule has 0 atom stereocenters. The summed E-state index contributed by atoms with van der Waals surface area (Å²) in [5.41, 5.74) is 1.11. The van der Waals surface area contributed by atoms with Crippen LogP contribution in [0, 0.1) is 0 Å². The number of para-hydroxylation sites is 1. The molecule has 3 heteroatoms. The Morgan fingerprint density at radius 1 is 1.33 bits per heavy atom. The van der Waals surface area contributed by atoms with Crippen molar-refractivity contribution in [2.45, 2.75) is 32.2 Å². The van der Waals surface area contributed by atoms with Gasteiger partial charge in [0, 0.05) is 12.1 Å². The fraction of sp³-hybridized carbons (Fsp3) is 0.467. The lowest BCUT2D eigenvalue weighted by Gasteiger charge is -2.12. The Morgan fingerprint density at radius 3 is 2.89 bits per heavy atom. The molecular weight excluding hydrogens is 246 g/mol. The molecule has 1 rings (SSSR count). The lowest BCUT2D eigenvalue weighted by molar-refractivity contribution is 0.302. The van der Waals surface area contributed by atoms with Crippen LogP contribution in [0.2, 0.25) is 5.02 Å². The van der Waals surface area contributed by atoms with Gasteiger partial charge in [-0.3, -0.25) is 0 Å². The van der Waals surface area contributed by atoms with Crippen molar-refractivity contribution >= 4 is 11.6 Å². The number of rotatable bonds is 9. The van der Waals surface area contributed by atoms with Crippen molar-refractivity contribution in [3.8, 4) is 5.75 Å². The Hall–Kier alpha value is -0.990. The van der Waals surface area contributed by atoms with Gasteiger partial charge in [0.2, 0.25) is 0 Å². The van der Waals surface area contributed by atoms with Crippen molar-refractivity contribution in [1.29, 1.82) is 0 Å². The summed E-state index contributed by atoms with van der Waals surface area (Å²) < 4.78 is 5.80. The first-order valence-electron chi connectivity index (χ1n) is 6.45. The Balaban J connectivity index is 2.42. The maximum atomic E-state index is 6.16. The Morgan fingerprint density at radius 2 is 2.17 bits per heavy atom. The van der Waals surface area contributed by atoms with Gasteiger partial charge in [-0.2, -0.15) is 0 Å². The van der Waals surface area contributed by atoms with Crippen LogP contribution in [0.4, 0.5) is 0 Å². The largest absolute Gasteiger partial charge is 0.492 e. The number of ether oxygens (including phenoxy) is 1. The standard InChI is InChI=1S/C15H22ClNO/c1-3-4-5-6-7-11-18-15-13(12-17-2)9-8-10-14(15)16/h3,8-10,17H,1,4-7,11-12H2,2H3. The molecule has 0 bridgehead atoms. The molecule has 0 saturated carbocycles. The van der Waals surface area contributed by atoms with E-state index in [0.29, 0.717) is 5.02 Å². The first-order chi connectivity index (χ1) is 8.79. The number of nitrogens with one attached hydrogen (secondary N) is 1. The van der Waals surface area contributed by atoms with Crippen LogP contribution in [0.15, 0.2) is 30.9 Å². The van der Waals surface area contributed by atoms with Gasteiger partial charge >= 0.3 is 0 Å². The van der Waals surface area contributed by atoms with Gasteiger partial charge in [0.15, 0.2) is 0 Å². The zero-order chi connectivity index (χ0) is 13.2. The van der Waals surface area contributed by atoms with Crippen LogP contribution in [0.25, 0.3) is 0 Å². The summed E-state index contributed by atoms with van der Waals surface area (Å²) >= 11 is 6.16. The van der Waals surface area contributed by atoms with Crippen molar-refractivity contribution in [1.82, 2.24) is 5.32 Å². The minimum absolute atomic E-state index is 0.689. The van der Waals surface area contributed by atoms with Crippen LogP contribution >= 0.6 is 11.6 Å². The maximum absolute atomic E-state index is 6.16. The molecule has 0 radical (unpaired) electrons. The minimum Gasteiger partial charge on any atom is -0.492 e. The smallest absolute Gasteiger partial charge is 0.142 e. The molecule has 0 heterocycles. The average Bonchev–Trinajstić information content (AvgIpc) is 2.36. The van der Waals surface area contributed by atoms with E-state index in [-0.39, 0.29) is 0 Å². The fourth-order valence-electron chi connectivity index (χ4n) is 1.79. The molecule has 1 N–H and O–H groups in total. The molecule has 0 saturated heterocycles. The van der Waals surface area contributed by atoms with Gasteiger partial charge in [0.05, 0.1) is 11.6 Å². The van der Waals surface area contributed by atoms with E-state index in [1.165, 1.54) is 6.42 Å². The average molecular weight is 268 g/mol. The number of benzene rings is 1. The van der Waals surface area contributed by atoms with Gasteiger partial charge < -0.3 is 10.1 Å². The molecule has 18 heavy (non-hydrogen) atoms. The summed E-state index contributed by atoms with van der Waals surface area (Å²) in [7, 11) is 1.92. The molecule has 2 nitrogen and oxygen atoms in total. The molecule has 0 aliphatic rings. The second-order valence-electron chi connectivity index (χ2n) is 4.24. The summed E-state index contributed by atoms with van der Waals surface area (Å²) in [6.07, 6.45) is 6.44. The Bertz CT molecular complexity index is 366. The van der Waals surface area contributed by atoms with Crippen LogP contribution in [-0.4, -0.2) is 13.7 Å². The third kappa shape index (κ3) is 5.11. The second-order valence-corrected chi connectivity index (χ2v) is 4.65. The predicted molar refractivity (Wildman–Crippen MR) is 78.4 cm³/mol. The van der Waals surface area contributed by atoms with Gasteiger partial charge in [0.1, 0.15) is 5.75 Å². The molecule has 0 aromatic heterocycles. The zero-order valence-electron chi connectivity index (χ0n) is 11.0. The molecule has 0 spiro atoms. The zero-order valence-corrected chi connectivity index (χ0v) is 11.8. The molecule has 0 amide bonds. The summed E-state index contributed by atoms with van der Waals surface area (Å²) in [5, 5.41) is 3.81. The first kappa shape index (κ1) is 15.1. The van der Waals surface area contributed by atoms with Crippen LogP contribution in [0.1, 0.15) is 31.2 Å². The summed E-state index contributed by atoms with van der Waals surface area (Å²) in [4.78, 5) is 0. The van der Waals surface area contributed by atoms with Gasteiger partial charge in [-0.05, 0) is 38.8 Å². The SMILES string of the molecule is C=CCCCCCOc1c(Cl)cccc1CNC. The van der Waals surface area contributed by atoms with Crippen molar-refractivity contribution in [3.05, 3.63) is 41.4 Å². The van der Waals surface area contributed by atoms with Gasteiger partial charge in [0.25, 0.3) is 0 Å². The van der Waals surface area contributed by atoms with E-state index >= 15 is 0 Å². The normalized spacial score (nSPS) is 10.3. The summed E-state index contributed by atoms with van der Waals surface area (Å²) in [5.74, 6) is 0.817. The highest BCUT2D eigenvalue weighted by Gasteiger charge is 2.07. The number of hydrogen-bond donors (Lipinski definition) is 1. The summed E-state index contributed by atoms with van der Waals surface area (Å²) in [6.45, 7) is 5.20. The van der Waals surface area contributed by atoms with Crippen molar-refractivity contribution in [3.63, 3.8) is 0 Å². The lowest BCUT2D eigenvalue weighted by Crippen LogP contribution is -2.08. The molecule has 0 fully saturated rings. The maximum Gasteiger partial charge on any atom is 0.142 e. The van der Waals surface area contributed by atoms with E-state index in [9.17, 15) is 0 Å². The van der Waals surface area contributed by atoms with Crippen LogP contribution < -0.4 is 10.1 Å². The molecule has 0 aliphatic heterocycles. The highest BCUT2D eigenvalue weighted by molar-refractivity contribution is 6.32. The molecule has 1 aromatic rings. The molecule has 0 aliphatic carbocycles. The summed E-state index contributed by atoms with van der Waals surface area (Å²) in [6, 6.07) is 5.86. The third-order valence-electron chi connectivity index (χ3n) is 2.71. The minimum atomic E-state index is 0.689. The van der Waals surface area contributed by atoms with E-state index in [0.717, 1.165) is 43.7 Å². The van der Waals surface area contributed by atoms with Gasteiger partial charge in [-0.15, -0.1) is 6.58 Å². The second kappa shape index (κ2) is 9.01. The fourth-order valence-corrected chi connectivity index (χ4v) is 2.04. The van der Waals surface area contributed by atoms with Crippen molar-refractivity contribution in [2.75, 3.05) is 13.7 Å². The van der Waals surface area contributed by atoms with E-state index in [1.807, 2.05) is 31.3 Å². The van der Waals surface area contributed by atoms with Crippen molar-refractivity contribution < 1.29 is 4.74 Å². The molecular formula is C15H22ClNO. The highest BCUT2D eigenvalue weighted by Crippen LogP contribution is 2.28. The third-order valence-corrected chi connectivity index (χ3v) is 3.01. The predicted octanol–water partition coefficient (Wildman–Crippen LogP) is 4.18. The van der Waals surface area contributed by atoms with Crippen molar-refractivity contribution in [2.24, 2.45) is 0 Å². The monoisotopic (exact) mass is 267 g/mol. The number of unbranched alkanes of at least 4 members (excludes halogenated alkanes) is 3. The number of halogens is 1. The van der Waals surface area contributed by atoms with Gasteiger partial charge in [-0.25, -0.2) is 0 Å². The Kier molecular flexibility index (Phi) is 7.54. The highest BCUT2D eigenvalue weighted by atomic mass is 35.5. The van der Waals surface area contributed by atoms with E-state index < -0.39 is 0 Å². The Labute approximate surface area is 115 Å². The van der Waals surface area contributed by atoms with E-state index in [2.05, 4.69) is 11.9 Å². The van der Waals surface area contributed by atoms with Crippen LogP contribution in [0.3, 0.4) is 0 Å². The van der Waals surface area contributed by atoms with Gasteiger partial charge in [-0.1, -0.05) is 29.8 Å². The quantitative estimate of drug-likeness (QED) is 0.535. The lowest BCUT2D eigenvalue weighted by atomic mass is 10.2. The number of allylic oxidation sites excluding steroid dienone is 1. The molecule has 100 valence electrons.